The third-order valence-electron chi connectivity index (χ3n) is 5.09. The van der Waals surface area contributed by atoms with Crippen LogP contribution >= 0.6 is 0 Å². The molecule has 0 aliphatic carbocycles. The van der Waals surface area contributed by atoms with E-state index in [0.717, 1.165) is 28.0 Å². The van der Waals surface area contributed by atoms with E-state index < -0.39 is 0 Å². The molecular formula is C24H25N5O. The highest BCUT2D eigenvalue weighted by molar-refractivity contribution is 5.90. The highest BCUT2D eigenvalue weighted by Gasteiger charge is 2.16. The molecule has 30 heavy (non-hydrogen) atoms. The van der Waals surface area contributed by atoms with Crippen LogP contribution in [0.2, 0.25) is 0 Å². The molecule has 0 radical (unpaired) electrons. The number of methoxy groups -OCH3 is 1. The summed E-state index contributed by atoms with van der Waals surface area (Å²) < 4.78 is 5.40. The Bertz CT molecular complexity index is 1130. The maximum absolute atomic E-state index is 5.40. The van der Waals surface area contributed by atoms with Crippen LogP contribution in [0.1, 0.15) is 11.6 Å². The van der Waals surface area contributed by atoms with Gasteiger partial charge >= 0.3 is 0 Å². The number of nitrogens with one attached hydrogen (secondary N) is 1. The van der Waals surface area contributed by atoms with Crippen LogP contribution in [0.3, 0.4) is 0 Å². The first kappa shape index (κ1) is 19.8. The van der Waals surface area contributed by atoms with Gasteiger partial charge in [-0.1, -0.05) is 24.3 Å². The summed E-state index contributed by atoms with van der Waals surface area (Å²) in [5, 5.41) is 4.55. The van der Waals surface area contributed by atoms with E-state index in [0.29, 0.717) is 12.4 Å². The van der Waals surface area contributed by atoms with Gasteiger partial charge in [0, 0.05) is 29.9 Å². The summed E-state index contributed by atoms with van der Waals surface area (Å²) in [6, 6.07) is 20.2. The molecule has 0 fully saturated rings. The smallest absolute Gasteiger partial charge is 0.163 e. The Kier molecular flexibility index (Phi) is 5.86. The fourth-order valence-corrected chi connectivity index (χ4v) is 3.48. The lowest BCUT2D eigenvalue weighted by Crippen LogP contribution is -2.27. The highest BCUT2D eigenvalue weighted by Crippen LogP contribution is 2.27. The first-order chi connectivity index (χ1) is 14.7. The molecule has 1 N–H and O–H groups in total. The number of para-hydroxylation sites is 1. The molecule has 0 amide bonds. The number of aromatic nitrogens is 3. The molecule has 2 heterocycles. The van der Waals surface area contributed by atoms with E-state index in [1.54, 1.807) is 19.5 Å². The van der Waals surface area contributed by atoms with Gasteiger partial charge in [0.1, 0.15) is 11.6 Å². The number of benzene rings is 2. The number of hydrogen-bond donors (Lipinski definition) is 1. The fourth-order valence-electron chi connectivity index (χ4n) is 3.48. The van der Waals surface area contributed by atoms with Crippen LogP contribution in [0.15, 0.2) is 73.1 Å². The summed E-state index contributed by atoms with van der Waals surface area (Å²) in [4.78, 5) is 15.9. The quantitative estimate of drug-likeness (QED) is 0.496. The van der Waals surface area contributed by atoms with Gasteiger partial charge in [0.15, 0.2) is 5.82 Å². The van der Waals surface area contributed by atoms with Gasteiger partial charge in [-0.2, -0.15) is 0 Å². The third kappa shape index (κ3) is 4.23. The van der Waals surface area contributed by atoms with Crippen molar-refractivity contribution >= 4 is 16.7 Å². The van der Waals surface area contributed by atoms with E-state index >= 15 is 0 Å². The molecule has 4 rings (SSSR count). The molecule has 6 nitrogen and oxygen atoms in total. The zero-order chi connectivity index (χ0) is 20.9. The molecular weight excluding hydrogens is 374 g/mol. The standard InChI is InChI=1S/C24H25N5O/c1-29(2)22(17-8-6-10-19(14-17)30-3)16-26-24-20-11-4-5-12-21(20)27-23(28-24)18-9-7-13-25-15-18/h4-15,22H,16H2,1-3H3,(H,26,27,28). The highest BCUT2D eigenvalue weighted by atomic mass is 16.5. The average Bonchev–Trinajstić information content (AvgIpc) is 2.79. The van der Waals surface area contributed by atoms with Crippen LogP contribution in [0, 0.1) is 0 Å². The number of fused-ring (bicyclic) bond motifs is 1. The van der Waals surface area contributed by atoms with Crippen molar-refractivity contribution in [3.8, 4) is 17.1 Å². The molecule has 0 saturated heterocycles. The molecule has 1 atom stereocenters. The van der Waals surface area contributed by atoms with E-state index in [1.165, 1.54) is 5.56 Å². The zero-order valence-electron chi connectivity index (χ0n) is 17.4. The van der Waals surface area contributed by atoms with Gasteiger partial charge in [-0.15, -0.1) is 0 Å². The Labute approximate surface area is 176 Å². The minimum absolute atomic E-state index is 0.149. The van der Waals surface area contributed by atoms with Gasteiger partial charge in [0.05, 0.1) is 18.7 Å². The van der Waals surface area contributed by atoms with Crippen molar-refractivity contribution in [2.45, 2.75) is 6.04 Å². The number of likely N-dealkylation sites (N-methyl/N-ethyl adjacent to an activating group) is 1. The second-order valence-corrected chi connectivity index (χ2v) is 7.29. The maximum Gasteiger partial charge on any atom is 0.163 e. The van der Waals surface area contributed by atoms with Crippen LogP contribution in [0.25, 0.3) is 22.3 Å². The molecule has 4 aromatic rings. The summed E-state index contributed by atoms with van der Waals surface area (Å²) >= 11 is 0. The van der Waals surface area contributed by atoms with Gasteiger partial charge in [0.25, 0.3) is 0 Å². The number of nitrogens with zero attached hydrogens (tertiary/aromatic N) is 4. The topological polar surface area (TPSA) is 63.2 Å². The second kappa shape index (κ2) is 8.88. The third-order valence-corrected chi connectivity index (χ3v) is 5.09. The molecule has 2 aromatic heterocycles. The van der Waals surface area contributed by atoms with Crippen molar-refractivity contribution < 1.29 is 4.74 Å². The van der Waals surface area contributed by atoms with Crippen molar-refractivity contribution in [1.29, 1.82) is 0 Å². The maximum atomic E-state index is 5.40. The van der Waals surface area contributed by atoms with Crippen molar-refractivity contribution in [1.82, 2.24) is 19.9 Å². The van der Waals surface area contributed by atoms with E-state index in [-0.39, 0.29) is 6.04 Å². The van der Waals surface area contributed by atoms with Crippen LogP contribution < -0.4 is 10.1 Å². The predicted molar refractivity (Wildman–Crippen MR) is 121 cm³/mol. The lowest BCUT2D eigenvalue weighted by atomic mass is 10.1. The van der Waals surface area contributed by atoms with Crippen LogP contribution in [-0.4, -0.2) is 47.6 Å². The Balaban J connectivity index is 1.68. The molecule has 0 saturated carbocycles. The summed E-state index contributed by atoms with van der Waals surface area (Å²) in [6.45, 7) is 0.688. The summed E-state index contributed by atoms with van der Waals surface area (Å²) in [5.41, 5.74) is 2.97. The van der Waals surface area contributed by atoms with Gasteiger partial charge in [0.2, 0.25) is 0 Å². The van der Waals surface area contributed by atoms with Gasteiger partial charge in [-0.25, -0.2) is 9.97 Å². The van der Waals surface area contributed by atoms with Crippen molar-refractivity contribution in [2.24, 2.45) is 0 Å². The molecule has 1 unspecified atom stereocenters. The van der Waals surface area contributed by atoms with Crippen LogP contribution in [-0.2, 0) is 0 Å². The molecule has 0 spiro atoms. The van der Waals surface area contributed by atoms with Crippen molar-refractivity contribution in [3.63, 3.8) is 0 Å². The number of rotatable bonds is 7. The Hall–Kier alpha value is -3.51. The summed E-state index contributed by atoms with van der Waals surface area (Å²) in [7, 11) is 5.84. The minimum atomic E-state index is 0.149. The van der Waals surface area contributed by atoms with E-state index in [1.807, 2.05) is 48.5 Å². The molecule has 0 bridgehead atoms. The zero-order valence-corrected chi connectivity index (χ0v) is 17.4. The molecule has 0 aliphatic rings. The largest absolute Gasteiger partial charge is 0.497 e. The fraction of sp³-hybridized carbons (Fsp3) is 0.208. The number of pyridine rings is 1. The Morgan fingerprint density at radius 3 is 2.63 bits per heavy atom. The first-order valence-electron chi connectivity index (χ1n) is 9.87. The summed E-state index contributed by atoms with van der Waals surface area (Å²) in [6.07, 6.45) is 3.53. The minimum Gasteiger partial charge on any atom is -0.497 e. The molecule has 6 heteroatoms. The van der Waals surface area contributed by atoms with Crippen molar-refractivity contribution in [2.75, 3.05) is 33.1 Å². The normalized spacial score (nSPS) is 12.1. The lowest BCUT2D eigenvalue weighted by molar-refractivity contribution is 0.310. The number of hydrogen-bond acceptors (Lipinski definition) is 6. The van der Waals surface area contributed by atoms with Crippen molar-refractivity contribution in [3.05, 3.63) is 78.6 Å². The second-order valence-electron chi connectivity index (χ2n) is 7.29. The Morgan fingerprint density at radius 1 is 1.00 bits per heavy atom. The van der Waals surface area contributed by atoms with Gasteiger partial charge in [-0.05, 0) is 56.1 Å². The monoisotopic (exact) mass is 399 g/mol. The predicted octanol–water partition coefficient (Wildman–Crippen LogP) is 4.42. The molecule has 152 valence electrons. The Morgan fingerprint density at radius 2 is 1.87 bits per heavy atom. The average molecular weight is 399 g/mol. The molecule has 2 aromatic carbocycles. The number of ether oxygens (including phenoxy) is 1. The van der Waals surface area contributed by atoms with E-state index in [9.17, 15) is 0 Å². The first-order valence-corrected chi connectivity index (χ1v) is 9.87. The van der Waals surface area contributed by atoms with E-state index in [4.69, 9.17) is 14.7 Å². The van der Waals surface area contributed by atoms with Gasteiger partial charge in [-0.3, -0.25) is 4.98 Å². The molecule has 0 aliphatic heterocycles. The number of anilines is 1. The summed E-state index contributed by atoms with van der Waals surface area (Å²) in [5.74, 6) is 2.33. The van der Waals surface area contributed by atoms with Crippen LogP contribution in [0.5, 0.6) is 5.75 Å². The lowest BCUT2D eigenvalue weighted by Gasteiger charge is -2.26. The van der Waals surface area contributed by atoms with E-state index in [2.05, 4.69) is 41.4 Å². The van der Waals surface area contributed by atoms with Gasteiger partial charge < -0.3 is 15.0 Å². The SMILES string of the molecule is COc1cccc(C(CNc2nc(-c3cccnc3)nc3ccccc23)N(C)C)c1. The van der Waals surface area contributed by atoms with Crippen LogP contribution in [0.4, 0.5) is 5.82 Å².